The summed E-state index contributed by atoms with van der Waals surface area (Å²) in [7, 11) is 1.57. The van der Waals surface area contributed by atoms with E-state index in [0.29, 0.717) is 46.2 Å². The van der Waals surface area contributed by atoms with Gasteiger partial charge in [-0.3, -0.25) is 14.5 Å². The first-order valence-corrected chi connectivity index (χ1v) is 12.8. The number of benzene rings is 2. The highest BCUT2D eigenvalue weighted by Gasteiger charge is 2.45. The maximum absolute atomic E-state index is 13.8. The van der Waals surface area contributed by atoms with Crippen LogP contribution in [0.4, 0.5) is 5.13 Å². The lowest BCUT2D eigenvalue weighted by Gasteiger charge is -2.23. The number of aryl methyl sites for hydroxylation is 2. The predicted octanol–water partition coefficient (Wildman–Crippen LogP) is 5.45. The quantitative estimate of drug-likeness (QED) is 0.294. The molecule has 0 radical (unpaired) electrons. The van der Waals surface area contributed by atoms with Gasteiger partial charge in [0.2, 0.25) is 10.9 Å². The maximum atomic E-state index is 13.8. The van der Waals surface area contributed by atoms with Crippen molar-refractivity contribution in [3.8, 4) is 11.5 Å². The molecule has 0 fully saturated rings. The van der Waals surface area contributed by atoms with Crippen LogP contribution in [0.2, 0.25) is 0 Å². The van der Waals surface area contributed by atoms with Gasteiger partial charge < -0.3 is 13.9 Å². The summed E-state index contributed by atoms with van der Waals surface area (Å²) in [5.41, 5.74) is 2.04. The highest BCUT2D eigenvalue weighted by Crippen LogP contribution is 2.44. The molecule has 4 aromatic rings. The Kier molecular flexibility index (Phi) is 6.49. The lowest BCUT2D eigenvalue weighted by atomic mass is 9.98. The summed E-state index contributed by atoms with van der Waals surface area (Å²) in [6, 6.07) is 10.1. The molecule has 9 heteroatoms. The second kappa shape index (κ2) is 9.73. The number of nitrogens with zero attached hydrogens (tertiary/aromatic N) is 3. The Bertz CT molecular complexity index is 1510. The molecule has 3 heterocycles. The Morgan fingerprint density at radius 1 is 1.08 bits per heavy atom. The number of hydrogen-bond donors (Lipinski definition) is 0. The number of unbranched alkanes of at least 4 members (excludes halogenated alkanes) is 1. The maximum Gasteiger partial charge on any atom is 0.297 e. The fourth-order valence-corrected chi connectivity index (χ4v) is 5.19. The molecule has 186 valence electrons. The number of amides is 1. The predicted molar refractivity (Wildman–Crippen MR) is 139 cm³/mol. The summed E-state index contributed by atoms with van der Waals surface area (Å²) in [6.45, 7) is 6.56. The topological polar surface area (TPSA) is 94.8 Å². The molecule has 1 aliphatic rings. The Morgan fingerprint density at radius 3 is 2.64 bits per heavy atom. The third kappa shape index (κ3) is 4.03. The van der Waals surface area contributed by atoms with Gasteiger partial charge in [-0.1, -0.05) is 49.3 Å². The van der Waals surface area contributed by atoms with Crippen LogP contribution in [0.25, 0.3) is 11.0 Å². The average molecular weight is 506 g/mol. The van der Waals surface area contributed by atoms with Crippen LogP contribution in [0.3, 0.4) is 0 Å². The van der Waals surface area contributed by atoms with E-state index in [1.807, 2.05) is 38.1 Å². The molecule has 0 bridgehead atoms. The Labute approximate surface area is 212 Å². The van der Waals surface area contributed by atoms with Crippen LogP contribution in [0.5, 0.6) is 11.5 Å². The van der Waals surface area contributed by atoms with E-state index in [9.17, 15) is 9.59 Å². The SMILES string of the molecule is CCCCOc1ccc(C2c3c(oc4ccc(C)cc4c3=O)C(=O)N2c2nnc(CC)s2)cc1OC. The molecule has 0 saturated heterocycles. The van der Waals surface area contributed by atoms with Crippen LogP contribution in [0, 0.1) is 6.92 Å². The number of hydrogen-bond acceptors (Lipinski definition) is 8. The minimum absolute atomic E-state index is 0.0249. The number of ether oxygens (including phenoxy) is 2. The summed E-state index contributed by atoms with van der Waals surface area (Å²) in [6.07, 6.45) is 2.63. The van der Waals surface area contributed by atoms with Crippen molar-refractivity contribution in [2.24, 2.45) is 0 Å². The highest BCUT2D eigenvalue weighted by molar-refractivity contribution is 7.15. The molecule has 1 amide bonds. The zero-order valence-electron chi connectivity index (χ0n) is 20.7. The summed E-state index contributed by atoms with van der Waals surface area (Å²) in [4.78, 5) is 29.0. The van der Waals surface area contributed by atoms with Gasteiger partial charge in [0.05, 0.1) is 30.7 Å². The zero-order valence-corrected chi connectivity index (χ0v) is 21.5. The van der Waals surface area contributed by atoms with E-state index in [2.05, 4.69) is 17.1 Å². The second-order valence-corrected chi connectivity index (χ2v) is 9.74. The third-order valence-corrected chi connectivity index (χ3v) is 7.32. The van der Waals surface area contributed by atoms with Crippen molar-refractivity contribution in [1.29, 1.82) is 0 Å². The van der Waals surface area contributed by atoms with Crippen LogP contribution < -0.4 is 19.8 Å². The van der Waals surface area contributed by atoms with Crippen molar-refractivity contribution in [3.05, 3.63) is 74.1 Å². The van der Waals surface area contributed by atoms with Crippen LogP contribution in [0.15, 0.2) is 45.6 Å². The number of carbonyl (C=O) groups is 1. The standard InChI is InChI=1S/C27H27N3O5S/c1-5-7-12-34-19-11-9-16(14-20(19)33-4)23-22-24(31)17-13-15(3)8-10-18(17)35-25(22)26(32)30(23)27-29-28-21(6-2)36-27/h8-11,13-14,23H,5-7,12H2,1-4H3. The molecule has 2 aromatic carbocycles. The van der Waals surface area contributed by atoms with Gasteiger partial charge in [-0.05, 0) is 49.6 Å². The molecule has 8 nitrogen and oxygen atoms in total. The second-order valence-electron chi connectivity index (χ2n) is 8.70. The minimum Gasteiger partial charge on any atom is -0.493 e. The van der Waals surface area contributed by atoms with Crippen LogP contribution in [0.1, 0.15) is 65.0 Å². The first-order chi connectivity index (χ1) is 17.5. The molecular formula is C27H27N3O5S. The fraction of sp³-hybridized carbons (Fsp3) is 0.333. The van der Waals surface area contributed by atoms with E-state index in [4.69, 9.17) is 13.9 Å². The Hall–Kier alpha value is -3.72. The third-order valence-electron chi connectivity index (χ3n) is 6.25. The molecule has 2 aromatic heterocycles. The van der Waals surface area contributed by atoms with Gasteiger partial charge in [0.25, 0.3) is 5.91 Å². The molecule has 0 aliphatic carbocycles. The smallest absolute Gasteiger partial charge is 0.297 e. The Balaban J connectivity index is 1.70. The molecule has 0 spiro atoms. The Morgan fingerprint density at radius 2 is 1.92 bits per heavy atom. The van der Waals surface area contributed by atoms with Gasteiger partial charge in [0, 0.05) is 0 Å². The first-order valence-electron chi connectivity index (χ1n) is 12.0. The number of methoxy groups -OCH3 is 1. The molecule has 0 saturated carbocycles. The number of aromatic nitrogens is 2. The molecule has 5 rings (SSSR count). The molecule has 1 unspecified atom stereocenters. The van der Waals surface area contributed by atoms with Crippen LogP contribution in [-0.4, -0.2) is 29.8 Å². The van der Waals surface area contributed by atoms with Gasteiger partial charge >= 0.3 is 0 Å². The van der Waals surface area contributed by atoms with E-state index in [0.717, 1.165) is 23.4 Å². The van der Waals surface area contributed by atoms with Crippen molar-refractivity contribution in [2.45, 2.75) is 46.1 Å². The molecule has 1 atom stereocenters. The fourth-order valence-electron chi connectivity index (χ4n) is 4.38. The summed E-state index contributed by atoms with van der Waals surface area (Å²) >= 11 is 1.33. The highest BCUT2D eigenvalue weighted by atomic mass is 32.1. The van der Waals surface area contributed by atoms with Gasteiger partial charge in [-0.15, -0.1) is 10.2 Å². The van der Waals surface area contributed by atoms with Gasteiger partial charge in [-0.25, -0.2) is 0 Å². The van der Waals surface area contributed by atoms with Crippen molar-refractivity contribution in [2.75, 3.05) is 18.6 Å². The van der Waals surface area contributed by atoms with E-state index >= 15 is 0 Å². The first kappa shape index (κ1) is 24.0. The van der Waals surface area contributed by atoms with Crippen molar-refractivity contribution < 1.29 is 18.7 Å². The molecule has 0 N–H and O–H groups in total. The zero-order chi connectivity index (χ0) is 25.4. The lowest BCUT2D eigenvalue weighted by molar-refractivity contribution is 0.0970. The minimum atomic E-state index is -0.745. The largest absolute Gasteiger partial charge is 0.493 e. The van der Waals surface area contributed by atoms with E-state index < -0.39 is 11.9 Å². The number of rotatable bonds is 8. The van der Waals surface area contributed by atoms with Crippen molar-refractivity contribution in [3.63, 3.8) is 0 Å². The van der Waals surface area contributed by atoms with E-state index in [1.54, 1.807) is 19.2 Å². The summed E-state index contributed by atoms with van der Waals surface area (Å²) < 4.78 is 17.6. The molecular weight excluding hydrogens is 478 g/mol. The van der Waals surface area contributed by atoms with Crippen molar-refractivity contribution >= 4 is 33.3 Å². The number of anilines is 1. The number of carbonyl (C=O) groups excluding carboxylic acids is 1. The monoisotopic (exact) mass is 505 g/mol. The van der Waals surface area contributed by atoms with E-state index in [-0.39, 0.29) is 16.8 Å². The average Bonchev–Trinajstić information content (AvgIpc) is 3.47. The van der Waals surface area contributed by atoms with Gasteiger partial charge in [0.1, 0.15) is 10.6 Å². The summed E-state index contributed by atoms with van der Waals surface area (Å²) in [5, 5.41) is 10.1. The van der Waals surface area contributed by atoms with Gasteiger partial charge in [-0.2, -0.15) is 0 Å². The van der Waals surface area contributed by atoms with Crippen LogP contribution in [-0.2, 0) is 6.42 Å². The molecule has 36 heavy (non-hydrogen) atoms. The van der Waals surface area contributed by atoms with Gasteiger partial charge in [0.15, 0.2) is 16.9 Å². The summed E-state index contributed by atoms with van der Waals surface area (Å²) in [5.74, 6) is 0.737. The van der Waals surface area contributed by atoms with Crippen molar-refractivity contribution in [1.82, 2.24) is 10.2 Å². The normalized spacial score (nSPS) is 14.9. The number of fused-ring (bicyclic) bond motifs is 2. The molecule has 1 aliphatic heterocycles. The lowest BCUT2D eigenvalue weighted by Crippen LogP contribution is -2.29. The van der Waals surface area contributed by atoms with Crippen LogP contribution >= 0.6 is 11.3 Å². The van der Waals surface area contributed by atoms with E-state index in [1.165, 1.54) is 16.2 Å².